The maximum absolute atomic E-state index is 13.9. The number of hydrogen-bond acceptors (Lipinski definition) is 4. The molecule has 1 aromatic rings. The highest BCUT2D eigenvalue weighted by Gasteiger charge is 2.23. The fraction of sp³-hybridized carbons (Fsp3) is 0.417. The Kier molecular flexibility index (Phi) is 3.86. The predicted octanol–water partition coefficient (Wildman–Crippen LogP) is 0.754. The Morgan fingerprint density at radius 2 is 1.95 bits per heavy atom. The molecular formula is C12H14FNO4S. The minimum atomic E-state index is -2.97. The fourth-order valence-electron chi connectivity index (χ4n) is 2.02. The van der Waals surface area contributed by atoms with Crippen molar-refractivity contribution in [1.29, 1.82) is 0 Å². The minimum absolute atomic E-state index is 0.0627. The summed E-state index contributed by atoms with van der Waals surface area (Å²) in [4.78, 5) is 12.6. The molecule has 0 spiro atoms. The zero-order chi connectivity index (χ0) is 14.0. The number of aromatic carboxylic acids is 1. The minimum Gasteiger partial charge on any atom is -0.478 e. The van der Waals surface area contributed by atoms with Gasteiger partial charge in [0.25, 0.3) is 0 Å². The van der Waals surface area contributed by atoms with E-state index in [2.05, 4.69) is 0 Å². The van der Waals surface area contributed by atoms with E-state index in [1.165, 1.54) is 18.2 Å². The summed E-state index contributed by atoms with van der Waals surface area (Å²) in [6.07, 6.45) is 0. The number of benzene rings is 1. The standard InChI is InChI=1S/C12H14FNO4S/c13-11-9(2-1-3-10(11)12(15)16)8-14-4-6-19(17,18)7-5-14/h1-3H,4-8H2,(H,15,16). The summed E-state index contributed by atoms with van der Waals surface area (Å²) in [6.45, 7) is 0.917. The first-order chi connectivity index (χ1) is 8.89. The molecule has 19 heavy (non-hydrogen) atoms. The first-order valence-electron chi connectivity index (χ1n) is 5.82. The van der Waals surface area contributed by atoms with Crippen LogP contribution in [0.25, 0.3) is 0 Å². The second kappa shape index (κ2) is 5.26. The second-order valence-electron chi connectivity index (χ2n) is 4.51. The fourth-order valence-corrected chi connectivity index (χ4v) is 3.29. The first-order valence-corrected chi connectivity index (χ1v) is 7.65. The van der Waals surface area contributed by atoms with Gasteiger partial charge in [0, 0.05) is 25.2 Å². The molecule has 0 bridgehead atoms. The third kappa shape index (κ3) is 3.30. The van der Waals surface area contributed by atoms with Crippen LogP contribution >= 0.6 is 0 Å². The Hall–Kier alpha value is -1.47. The zero-order valence-corrected chi connectivity index (χ0v) is 11.0. The Morgan fingerprint density at radius 1 is 1.32 bits per heavy atom. The van der Waals surface area contributed by atoms with E-state index in [4.69, 9.17) is 5.11 Å². The molecule has 0 saturated carbocycles. The van der Waals surface area contributed by atoms with Gasteiger partial charge in [0.1, 0.15) is 5.82 Å². The van der Waals surface area contributed by atoms with Crippen molar-refractivity contribution in [2.75, 3.05) is 24.6 Å². The molecule has 5 nitrogen and oxygen atoms in total. The SMILES string of the molecule is O=C(O)c1cccc(CN2CCS(=O)(=O)CC2)c1F. The van der Waals surface area contributed by atoms with Crippen molar-refractivity contribution in [3.8, 4) is 0 Å². The van der Waals surface area contributed by atoms with Crippen molar-refractivity contribution >= 4 is 15.8 Å². The summed E-state index contributed by atoms with van der Waals surface area (Å²) >= 11 is 0. The number of nitrogens with zero attached hydrogens (tertiary/aromatic N) is 1. The summed E-state index contributed by atoms with van der Waals surface area (Å²) in [7, 11) is -2.97. The average Bonchev–Trinajstić information content (AvgIpc) is 2.34. The van der Waals surface area contributed by atoms with Crippen LogP contribution in [0, 0.1) is 5.82 Å². The van der Waals surface area contributed by atoms with Gasteiger partial charge in [-0.15, -0.1) is 0 Å². The van der Waals surface area contributed by atoms with E-state index in [1.807, 2.05) is 4.90 Å². The maximum Gasteiger partial charge on any atom is 0.338 e. The highest BCUT2D eigenvalue weighted by molar-refractivity contribution is 7.91. The summed E-state index contributed by atoms with van der Waals surface area (Å²) in [5, 5.41) is 8.83. The molecule has 2 rings (SSSR count). The Labute approximate surface area is 110 Å². The van der Waals surface area contributed by atoms with E-state index < -0.39 is 21.6 Å². The molecule has 0 aromatic heterocycles. The van der Waals surface area contributed by atoms with Gasteiger partial charge in [-0.1, -0.05) is 12.1 Å². The largest absolute Gasteiger partial charge is 0.478 e. The van der Waals surface area contributed by atoms with Crippen LogP contribution in [0.15, 0.2) is 18.2 Å². The Morgan fingerprint density at radius 3 is 2.53 bits per heavy atom. The van der Waals surface area contributed by atoms with Gasteiger partial charge < -0.3 is 5.11 Å². The Bertz CT molecular complexity index is 586. The van der Waals surface area contributed by atoms with Gasteiger partial charge in [-0.2, -0.15) is 0 Å². The lowest BCUT2D eigenvalue weighted by Crippen LogP contribution is -2.39. The molecule has 1 saturated heterocycles. The monoisotopic (exact) mass is 287 g/mol. The van der Waals surface area contributed by atoms with Crippen LogP contribution in [0.1, 0.15) is 15.9 Å². The van der Waals surface area contributed by atoms with E-state index >= 15 is 0 Å². The quantitative estimate of drug-likeness (QED) is 0.888. The Balaban J connectivity index is 2.12. The molecule has 0 unspecified atom stereocenters. The van der Waals surface area contributed by atoms with E-state index in [0.717, 1.165) is 0 Å². The number of sulfone groups is 1. The molecule has 1 fully saturated rings. The van der Waals surface area contributed by atoms with Crippen molar-refractivity contribution in [2.45, 2.75) is 6.54 Å². The normalized spacial score (nSPS) is 19.2. The van der Waals surface area contributed by atoms with Gasteiger partial charge >= 0.3 is 5.97 Å². The first kappa shape index (κ1) is 14.0. The van der Waals surface area contributed by atoms with E-state index in [9.17, 15) is 17.6 Å². The van der Waals surface area contributed by atoms with Crippen molar-refractivity contribution < 1.29 is 22.7 Å². The van der Waals surface area contributed by atoms with E-state index in [0.29, 0.717) is 13.1 Å². The number of halogens is 1. The maximum atomic E-state index is 13.9. The van der Waals surface area contributed by atoms with Crippen molar-refractivity contribution in [3.05, 3.63) is 35.1 Å². The van der Waals surface area contributed by atoms with Gasteiger partial charge in [0.05, 0.1) is 17.1 Å². The molecule has 0 radical (unpaired) electrons. The average molecular weight is 287 g/mol. The smallest absolute Gasteiger partial charge is 0.338 e. The van der Waals surface area contributed by atoms with Gasteiger partial charge in [-0.3, -0.25) is 4.90 Å². The topological polar surface area (TPSA) is 74.7 Å². The molecule has 1 aromatic carbocycles. The molecule has 1 N–H and O–H groups in total. The lowest BCUT2D eigenvalue weighted by Gasteiger charge is -2.26. The van der Waals surface area contributed by atoms with Crippen LogP contribution in [0.3, 0.4) is 0 Å². The summed E-state index contributed by atoms with van der Waals surface area (Å²) in [5.41, 5.74) is -0.0821. The molecule has 7 heteroatoms. The van der Waals surface area contributed by atoms with Crippen LogP contribution in [-0.4, -0.2) is 49.0 Å². The zero-order valence-electron chi connectivity index (χ0n) is 10.2. The van der Waals surface area contributed by atoms with Gasteiger partial charge in [0.2, 0.25) is 0 Å². The third-order valence-corrected chi connectivity index (χ3v) is 4.75. The van der Waals surface area contributed by atoms with Gasteiger partial charge in [-0.05, 0) is 6.07 Å². The van der Waals surface area contributed by atoms with Crippen LogP contribution in [0.4, 0.5) is 4.39 Å². The highest BCUT2D eigenvalue weighted by atomic mass is 32.2. The van der Waals surface area contributed by atoms with Crippen LogP contribution in [0.5, 0.6) is 0 Å². The molecule has 1 heterocycles. The van der Waals surface area contributed by atoms with E-state index in [-0.39, 0.29) is 29.2 Å². The number of carboxylic acids is 1. The molecule has 0 atom stereocenters. The molecule has 1 aliphatic rings. The number of hydrogen-bond donors (Lipinski definition) is 1. The summed E-state index contributed by atoms with van der Waals surface area (Å²) < 4.78 is 36.5. The number of rotatable bonds is 3. The molecule has 104 valence electrons. The molecule has 0 amide bonds. The second-order valence-corrected chi connectivity index (χ2v) is 6.82. The van der Waals surface area contributed by atoms with Crippen molar-refractivity contribution in [1.82, 2.24) is 4.90 Å². The lowest BCUT2D eigenvalue weighted by molar-refractivity contribution is 0.0691. The van der Waals surface area contributed by atoms with Crippen LogP contribution in [0.2, 0.25) is 0 Å². The lowest BCUT2D eigenvalue weighted by atomic mass is 10.1. The van der Waals surface area contributed by atoms with Crippen molar-refractivity contribution in [2.24, 2.45) is 0 Å². The highest BCUT2D eigenvalue weighted by Crippen LogP contribution is 2.16. The molecule has 1 aliphatic heterocycles. The predicted molar refractivity (Wildman–Crippen MR) is 67.3 cm³/mol. The summed E-state index contributed by atoms with van der Waals surface area (Å²) in [5.74, 6) is -1.93. The number of carboxylic acid groups (broad SMARTS) is 1. The van der Waals surface area contributed by atoms with Crippen LogP contribution < -0.4 is 0 Å². The van der Waals surface area contributed by atoms with Crippen LogP contribution in [-0.2, 0) is 16.4 Å². The third-order valence-electron chi connectivity index (χ3n) is 3.14. The van der Waals surface area contributed by atoms with Crippen molar-refractivity contribution in [3.63, 3.8) is 0 Å². The molecular weight excluding hydrogens is 273 g/mol. The van der Waals surface area contributed by atoms with Gasteiger partial charge in [-0.25, -0.2) is 17.6 Å². The number of carbonyl (C=O) groups is 1. The summed E-state index contributed by atoms with van der Waals surface area (Å²) in [6, 6.07) is 4.22. The van der Waals surface area contributed by atoms with E-state index in [1.54, 1.807) is 0 Å². The molecule has 0 aliphatic carbocycles. The van der Waals surface area contributed by atoms with Gasteiger partial charge in [0.15, 0.2) is 9.84 Å².